The first-order valence-electron chi connectivity index (χ1n) is 5.03. The molecule has 1 aromatic rings. The van der Waals surface area contributed by atoms with Crippen molar-refractivity contribution >= 4 is 5.97 Å². The minimum atomic E-state index is -0.918. The van der Waals surface area contributed by atoms with E-state index in [-0.39, 0.29) is 6.10 Å². The van der Waals surface area contributed by atoms with E-state index >= 15 is 0 Å². The second-order valence-corrected chi connectivity index (χ2v) is 3.50. The molecule has 0 aliphatic heterocycles. The van der Waals surface area contributed by atoms with Gasteiger partial charge in [0, 0.05) is 26.0 Å². The zero-order valence-electron chi connectivity index (χ0n) is 9.38. The highest BCUT2D eigenvalue weighted by Crippen LogP contribution is 2.01. The molecule has 5 nitrogen and oxygen atoms in total. The predicted octanol–water partition coefficient (Wildman–Crippen LogP) is 0.659. The maximum absolute atomic E-state index is 11.0. The molecule has 1 heterocycles. The van der Waals surface area contributed by atoms with Crippen molar-refractivity contribution in [3.63, 3.8) is 0 Å². The number of aliphatic carboxylic acids is 1. The third-order valence-electron chi connectivity index (χ3n) is 2.36. The van der Waals surface area contributed by atoms with E-state index in [9.17, 15) is 4.79 Å². The van der Waals surface area contributed by atoms with Gasteiger partial charge in [-0.1, -0.05) is 6.07 Å². The summed E-state index contributed by atoms with van der Waals surface area (Å²) in [6, 6.07) is 2.98. The molecule has 0 saturated heterocycles. The Kier molecular flexibility index (Phi) is 4.88. The van der Waals surface area contributed by atoms with Crippen molar-refractivity contribution in [2.75, 3.05) is 7.11 Å². The highest BCUT2D eigenvalue weighted by molar-refractivity contribution is 5.74. The third kappa shape index (κ3) is 3.60. The summed E-state index contributed by atoms with van der Waals surface area (Å²) in [7, 11) is 1.49. The van der Waals surface area contributed by atoms with Gasteiger partial charge in [0.1, 0.15) is 6.04 Å². The molecule has 0 fully saturated rings. The Bertz CT molecular complexity index is 329. The SMILES string of the molecule is COC(C)C(NCc1cccnc1)C(=O)O. The van der Waals surface area contributed by atoms with E-state index in [4.69, 9.17) is 9.84 Å². The highest BCUT2D eigenvalue weighted by atomic mass is 16.5. The van der Waals surface area contributed by atoms with Crippen molar-refractivity contribution in [1.29, 1.82) is 0 Å². The van der Waals surface area contributed by atoms with Crippen LogP contribution in [-0.2, 0) is 16.1 Å². The van der Waals surface area contributed by atoms with Crippen LogP contribution in [0, 0.1) is 0 Å². The Morgan fingerprint density at radius 2 is 2.44 bits per heavy atom. The molecule has 0 spiro atoms. The summed E-state index contributed by atoms with van der Waals surface area (Å²) < 4.78 is 5.00. The number of nitrogens with one attached hydrogen (secondary N) is 1. The number of hydrogen-bond acceptors (Lipinski definition) is 4. The summed E-state index contributed by atoms with van der Waals surface area (Å²) in [6.07, 6.45) is 2.99. The van der Waals surface area contributed by atoms with Gasteiger partial charge < -0.3 is 9.84 Å². The van der Waals surface area contributed by atoms with Gasteiger partial charge in [0.2, 0.25) is 0 Å². The molecule has 0 bridgehead atoms. The molecule has 2 unspecified atom stereocenters. The molecule has 0 saturated carbocycles. The van der Waals surface area contributed by atoms with Gasteiger partial charge in [0.15, 0.2) is 0 Å². The van der Waals surface area contributed by atoms with Crippen LogP contribution in [0.15, 0.2) is 24.5 Å². The van der Waals surface area contributed by atoms with E-state index in [1.165, 1.54) is 7.11 Å². The van der Waals surface area contributed by atoms with Gasteiger partial charge in [-0.25, -0.2) is 0 Å². The van der Waals surface area contributed by atoms with Gasteiger partial charge in [-0.3, -0.25) is 15.1 Å². The summed E-state index contributed by atoms with van der Waals surface area (Å²) in [6.45, 7) is 2.17. The van der Waals surface area contributed by atoms with Crippen LogP contribution in [0.1, 0.15) is 12.5 Å². The summed E-state index contributed by atoms with van der Waals surface area (Å²) in [5, 5.41) is 11.9. The fraction of sp³-hybridized carbons (Fsp3) is 0.455. The van der Waals surface area contributed by atoms with E-state index < -0.39 is 12.0 Å². The van der Waals surface area contributed by atoms with E-state index in [1.807, 2.05) is 12.1 Å². The van der Waals surface area contributed by atoms with Crippen LogP contribution in [-0.4, -0.2) is 35.3 Å². The average molecular weight is 224 g/mol. The first kappa shape index (κ1) is 12.6. The second-order valence-electron chi connectivity index (χ2n) is 3.50. The van der Waals surface area contributed by atoms with Gasteiger partial charge in [-0.2, -0.15) is 0 Å². The first-order chi connectivity index (χ1) is 7.65. The van der Waals surface area contributed by atoms with Crippen molar-refractivity contribution in [2.45, 2.75) is 25.6 Å². The molecule has 2 atom stereocenters. The Morgan fingerprint density at radius 3 is 2.94 bits per heavy atom. The van der Waals surface area contributed by atoms with Crippen molar-refractivity contribution in [2.24, 2.45) is 0 Å². The summed E-state index contributed by atoms with van der Waals surface area (Å²) >= 11 is 0. The largest absolute Gasteiger partial charge is 0.480 e. The minimum absolute atomic E-state index is 0.380. The molecule has 0 radical (unpaired) electrons. The normalized spacial score (nSPS) is 14.4. The van der Waals surface area contributed by atoms with Crippen LogP contribution in [0.5, 0.6) is 0 Å². The van der Waals surface area contributed by atoms with Gasteiger partial charge in [0.05, 0.1) is 6.10 Å². The Labute approximate surface area is 94.5 Å². The number of methoxy groups -OCH3 is 1. The lowest BCUT2D eigenvalue weighted by molar-refractivity contribution is -0.142. The highest BCUT2D eigenvalue weighted by Gasteiger charge is 2.23. The van der Waals surface area contributed by atoms with Crippen molar-refractivity contribution in [3.05, 3.63) is 30.1 Å². The molecule has 16 heavy (non-hydrogen) atoms. The Balaban J connectivity index is 2.54. The van der Waals surface area contributed by atoms with Crippen LogP contribution < -0.4 is 5.32 Å². The lowest BCUT2D eigenvalue weighted by Crippen LogP contribution is -2.45. The van der Waals surface area contributed by atoms with Crippen LogP contribution in [0.4, 0.5) is 0 Å². The second kappa shape index (κ2) is 6.19. The van der Waals surface area contributed by atoms with Crippen molar-refractivity contribution < 1.29 is 14.6 Å². The van der Waals surface area contributed by atoms with Crippen LogP contribution in [0.3, 0.4) is 0 Å². The molecule has 5 heteroatoms. The number of pyridine rings is 1. The lowest BCUT2D eigenvalue weighted by atomic mass is 10.1. The zero-order chi connectivity index (χ0) is 12.0. The van der Waals surface area contributed by atoms with E-state index in [0.717, 1.165) is 5.56 Å². The third-order valence-corrected chi connectivity index (χ3v) is 2.36. The van der Waals surface area contributed by atoms with E-state index in [0.29, 0.717) is 6.54 Å². The fourth-order valence-electron chi connectivity index (χ4n) is 1.32. The van der Waals surface area contributed by atoms with Crippen LogP contribution in [0.25, 0.3) is 0 Å². The number of carbonyl (C=O) groups is 1. The number of aromatic nitrogens is 1. The minimum Gasteiger partial charge on any atom is -0.480 e. The fourth-order valence-corrected chi connectivity index (χ4v) is 1.32. The molecule has 1 rings (SSSR count). The monoisotopic (exact) mass is 224 g/mol. The average Bonchev–Trinajstić information content (AvgIpc) is 2.30. The topological polar surface area (TPSA) is 71.5 Å². The predicted molar refractivity (Wildman–Crippen MR) is 59.0 cm³/mol. The molecule has 2 N–H and O–H groups in total. The standard InChI is InChI=1S/C11H16N2O3/c1-8(16-2)10(11(14)15)13-7-9-4-3-5-12-6-9/h3-6,8,10,13H,7H2,1-2H3,(H,14,15). The van der Waals surface area contributed by atoms with Crippen LogP contribution in [0.2, 0.25) is 0 Å². The van der Waals surface area contributed by atoms with Gasteiger partial charge in [0.25, 0.3) is 0 Å². The van der Waals surface area contributed by atoms with Gasteiger partial charge in [-0.15, -0.1) is 0 Å². The maximum atomic E-state index is 11.0. The van der Waals surface area contributed by atoms with Gasteiger partial charge in [-0.05, 0) is 18.6 Å². The Hall–Kier alpha value is -1.46. The number of hydrogen-bond donors (Lipinski definition) is 2. The number of ether oxygens (including phenoxy) is 1. The Morgan fingerprint density at radius 1 is 1.69 bits per heavy atom. The number of carboxylic acid groups (broad SMARTS) is 1. The molecule has 0 aromatic carbocycles. The molecule has 88 valence electrons. The van der Waals surface area contributed by atoms with E-state index in [2.05, 4.69) is 10.3 Å². The van der Waals surface area contributed by atoms with Gasteiger partial charge >= 0.3 is 5.97 Å². The van der Waals surface area contributed by atoms with Crippen LogP contribution >= 0.6 is 0 Å². The maximum Gasteiger partial charge on any atom is 0.323 e. The number of nitrogens with zero attached hydrogens (tertiary/aromatic N) is 1. The summed E-state index contributed by atoms with van der Waals surface area (Å²) in [5.41, 5.74) is 0.942. The number of rotatable bonds is 6. The van der Waals surface area contributed by atoms with Crippen molar-refractivity contribution in [1.82, 2.24) is 10.3 Å². The summed E-state index contributed by atoms with van der Waals surface area (Å²) in [4.78, 5) is 14.9. The lowest BCUT2D eigenvalue weighted by Gasteiger charge is -2.20. The number of carboxylic acids is 1. The smallest absolute Gasteiger partial charge is 0.323 e. The quantitative estimate of drug-likeness (QED) is 0.742. The zero-order valence-corrected chi connectivity index (χ0v) is 9.38. The molecule has 1 aromatic heterocycles. The van der Waals surface area contributed by atoms with E-state index in [1.54, 1.807) is 19.3 Å². The molecular formula is C11H16N2O3. The molecule has 0 aliphatic rings. The van der Waals surface area contributed by atoms with Crippen molar-refractivity contribution in [3.8, 4) is 0 Å². The first-order valence-corrected chi connectivity index (χ1v) is 5.03. The summed E-state index contributed by atoms with van der Waals surface area (Å²) in [5.74, 6) is -0.918. The molecule has 0 amide bonds. The molecular weight excluding hydrogens is 208 g/mol. The molecule has 0 aliphatic carbocycles.